The van der Waals surface area contributed by atoms with E-state index >= 15 is 0 Å². The fourth-order valence-corrected chi connectivity index (χ4v) is 3.32. The van der Waals surface area contributed by atoms with E-state index in [1.54, 1.807) is 30.2 Å². The number of anilines is 2. The molecule has 136 valence electrons. The first-order chi connectivity index (χ1) is 12.5. The molecule has 1 fully saturated rings. The molecule has 1 atom stereocenters. The third-order valence-electron chi connectivity index (χ3n) is 4.27. The van der Waals surface area contributed by atoms with E-state index in [0.717, 1.165) is 10.2 Å². The van der Waals surface area contributed by atoms with E-state index in [9.17, 15) is 9.59 Å². The number of methoxy groups -OCH3 is 2. The Bertz CT molecular complexity index is 840. The number of halogens is 1. The number of nitrogens with one attached hydrogen (secondary N) is 1. The van der Waals surface area contributed by atoms with Crippen LogP contribution in [0.1, 0.15) is 6.42 Å². The normalized spacial score (nSPS) is 16.5. The highest BCUT2D eigenvalue weighted by Crippen LogP contribution is 2.31. The molecule has 0 aliphatic carbocycles. The zero-order valence-corrected chi connectivity index (χ0v) is 16.1. The number of nitrogens with zero attached hydrogens (tertiary/aromatic N) is 1. The topological polar surface area (TPSA) is 67.9 Å². The van der Waals surface area contributed by atoms with Crippen molar-refractivity contribution >= 4 is 39.1 Å². The van der Waals surface area contributed by atoms with Crippen LogP contribution in [-0.4, -0.2) is 32.6 Å². The second-order valence-corrected chi connectivity index (χ2v) is 6.86. The van der Waals surface area contributed by atoms with Gasteiger partial charge in [-0.05, 0) is 30.3 Å². The van der Waals surface area contributed by atoms with Gasteiger partial charge in [-0.1, -0.05) is 22.0 Å². The average molecular weight is 419 g/mol. The Balaban J connectivity index is 1.70. The predicted octanol–water partition coefficient (Wildman–Crippen LogP) is 3.46. The Morgan fingerprint density at radius 3 is 2.62 bits per heavy atom. The van der Waals surface area contributed by atoms with Crippen LogP contribution in [-0.2, 0) is 9.59 Å². The third kappa shape index (κ3) is 3.83. The summed E-state index contributed by atoms with van der Waals surface area (Å²) >= 11 is 3.40. The van der Waals surface area contributed by atoms with Gasteiger partial charge in [-0.25, -0.2) is 0 Å². The number of ether oxygens (including phenoxy) is 2. The maximum absolute atomic E-state index is 12.6. The molecule has 1 unspecified atom stereocenters. The molecular weight excluding hydrogens is 400 g/mol. The smallest absolute Gasteiger partial charge is 0.229 e. The van der Waals surface area contributed by atoms with Crippen molar-refractivity contribution in [3.63, 3.8) is 0 Å². The number of benzene rings is 2. The first kappa shape index (κ1) is 18.3. The van der Waals surface area contributed by atoms with E-state index in [4.69, 9.17) is 9.47 Å². The molecule has 1 N–H and O–H groups in total. The molecule has 0 saturated carbocycles. The van der Waals surface area contributed by atoms with Crippen molar-refractivity contribution < 1.29 is 19.1 Å². The molecular formula is C19H19BrN2O4. The van der Waals surface area contributed by atoms with E-state index in [2.05, 4.69) is 21.2 Å². The van der Waals surface area contributed by atoms with Crippen molar-refractivity contribution in [3.05, 3.63) is 46.9 Å². The van der Waals surface area contributed by atoms with Crippen LogP contribution in [0.15, 0.2) is 46.9 Å². The number of hydrogen-bond donors (Lipinski definition) is 1. The minimum atomic E-state index is -0.408. The Labute approximate surface area is 160 Å². The molecule has 26 heavy (non-hydrogen) atoms. The molecule has 1 aliphatic rings. The van der Waals surface area contributed by atoms with Crippen LogP contribution in [0.2, 0.25) is 0 Å². The molecule has 0 bridgehead atoms. The zero-order chi connectivity index (χ0) is 18.7. The molecule has 2 aromatic rings. The van der Waals surface area contributed by atoms with Gasteiger partial charge in [0.1, 0.15) is 0 Å². The first-order valence-corrected chi connectivity index (χ1v) is 8.90. The summed E-state index contributed by atoms with van der Waals surface area (Å²) in [4.78, 5) is 26.6. The lowest BCUT2D eigenvalue weighted by molar-refractivity contribution is -0.122. The van der Waals surface area contributed by atoms with Crippen LogP contribution in [0.3, 0.4) is 0 Å². The van der Waals surface area contributed by atoms with Gasteiger partial charge in [0.15, 0.2) is 11.5 Å². The summed E-state index contributed by atoms with van der Waals surface area (Å²) < 4.78 is 11.3. The minimum absolute atomic E-state index is 0.0597. The van der Waals surface area contributed by atoms with Crippen molar-refractivity contribution in [1.29, 1.82) is 0 Å². The monoisotopic (exact) mass is 418 g/mol. The van der Waals surface area contributed by atoms with Gasteiger partial charge in [0.05, 0.1) is 20.1 Å². The van der Waals surface area contributed by atoms with Crippen molar-refractivity contribution in [2.45, 2.75) is 6.42 Å². The summed E-state index contributed by atoms with van der Waals surface area (Å²) in [5, 5.41) is 2.85. The molecule has 0 radical (unpaired) electrons. The largest absolute Gasteiger partial charge is 0.493 e. The van der Waals surface area contributed by atoms with E-state index in [-0.39, 0.29) is 18.2 Å². The van der Waals surface area contributed by atoms with Gasteiger partial charge < -0.3 is 19.7 Å². The Hall–Kier alpha value is -2.54. The Morgan fingerprint density at radius 2 is 1.92 bits per heavy atom. The summed E-state index contributed by atoms with van der Waals surface area (Å²) in [6, 6.07) is 12.6. The Kier molecular flexibility index (Phi) is 5.46. The van der Waals surface area contributed by atoms with E-state index in [0.29, 0.717) is 23.7 Å². The van der Waals surface area contributed by atoms with Gasteiger partial charge >= 0.3 is 0 Å². The van der Waals surface area contributed by atoms with E-state index in [1.807, 2.05) is 24.3 Å². The molecule has 1 heterocycles. The fourth-order valence-electron chi connectivity index (χ4n) is 2.94. The van der Waals surface area contributed by atoms with Gasteiger partial charge in [-0.2, -0.15) is 0 Å². The van der Waals surface area contributed by atoms with Crippen LogP contribution in [0.4, 0.5) is 11.4 Å². The highest BCUT2D eigenvalue weighted by molar-refractivity contribution is 9.10. The number of rotatable bonds is 5. The summed E-state index contributed by atoms with van der Waals surface area (Å²) in [7, 11) is 3.09. The maximum Gasteiger partial charge on any atom is 0.229 e. The second-order valence-electron chi connectivity index (χ2n) is 5.94. The quantitative estimate of drug-likeness (QED) is 0.806. The van der Waals surface area contributed by atoms with Crippen molar-refractivity contribution in [2.75, 3.05) is 31.0 Å². The molecule has 2 aromatic carbocycles. The minimum Gasteiger partial charge on any atom is -0.493 e. The molecule has 2 amide bonds. The summed E-state index contributed by atoms with van der Waals surface area (Å²) in [5.41, 5.74) is 1.38. The predicted molar refractivity (Wildman–Crippen MR) is 103 cm³/mol. The third-order valence-corrected chi connectivity index (χ3v) is 4.76. The van der Waals surface area contributed by atoms with Crippen molar-refractivity contribution in [3.8, 4) is 11.5 Å². The molecule has 1 saturated heterocycles. The van der Waals surface area contributed by atoms with Gasteiger partial charge in [0.25, 0.3) is 0 Å². The van der Waals surface area contributed by atoms with Gasteiger partial charge in [-0.15, -0.1) is 0 Å². The van der Waals surface area contributed by atoms with E-state index in [1.165, 1.54) is 7.11 Å². The highest BCUT2D eigenvalue weighted by atomic mass is 79.9. The van der Waals surface area contributed by atoms with Crippen LogP contribution < -0.4 is 19.7 Å². The molecule has 3 rings (SSSR count). The molecule has 6 nitrogen and oxygen atoms in total. The van der Waals surface area contributed by atoms with Gasteiger partial charge in [-0.3, -0.25) is 9.59 Å². The first-order valence-electron chi connectivity index (χ1n) is 8.10. The lowest BCUT2D eigenvalue weighted by Crippen LogP contribution is -2.28. The lowest BCUT2D eigenvalue weighted by atomic mass is 10.1. The summed E-state index contributed by atoms with van der Waals surface area (Å²) in [6.45, 7) is 0.356. The van der Waals surface area contributed by atoms with Gasteiger partial charge in [0.2, 0.25) is 11.8 Å². The zero-order valence-electron chi connectivity index (χ0n) is 14.5. The van der Waals surface area contributed by atoms with Crippen LogP contribution in [0.5, 0.6) is 11.5 Å². The maximum atomic E-state index is 12.6. The highest BCUT2D eigenvalue weighted by Gasteiger charge is 2.35. The molecule has 0 spiro atoms. The molecule has 0 aromatic heterocycles. The summed E-state index contributed by atoms with van der Waals surface area (Å²) in [6.07, 6.45) is 0.186. The number of amides is 2. The molecule has 1 aliphatic heterocycles. The van der Waals surface area contributed by atoms with Crippen LogP contribution in [0, 0.1) is 5.92 Å². The lowest BCUT2D eigenvalue weighted by Gasteiger charge is -2.17. The molecule has 7 heteroatoms. The average Bonchev–Trinajstić information content (AvgIpc) is 3.03. The number of carbonyl (C=O) groups excluding carboxylic acids is 2. The van der Waals surface area contributed by atoms with Crippen molar-refractivity contribution in [1.82, 2.24) is 0 Å². The fraction of sp³-hybridized carbons (Fsp3) is 0.263. The standard InChI is InChI=1S/C19H19BrN2O4/c1-25-16-7-6-14(10-17(16)26-2)21-19(24)12-8-18(23)22(11-12)15-5-3-4-13(20)9-15/h3-7,9-10,12H,8,11H2,1-2H3,(H,21,24). The van der Waals surface area contributed by atoms with Crippen LogP contribution in [0.25, 0.3) is 0 Å². The SMILES string of the molecule is COc1ccc(NC(=O)C2CC(=O)N(c3cccc(Br)c3)C2)cc1OC. The second kappa shape index (κ2) is 7.78. The van der Waals surface area contributed by atoms with E-state index < -0.39 is 5.92 Å². The number of carbonyl (C=O) groups is 2. The van der Waals surface area contributed by atoms with Crippen molar-refractivity contribution in [2.24, 2.45) is 5.92 Å². The number of hydrogen-bond acceptors (Lipinski definition) is 4. The summed E-state index contributed by atoms with van der Waals surface area (Å²) in [5.74, 6) is 0.458. The Morgan fingerprint density at radius 1 is 1.15 bits per heavy atom. The van der Waals surface area contributed by atoms with Gasteiger partial charge in [0, 0.05) is 34.9 Å². The van der Waals surface area contributed by atoms with Crippen LogP contribution >= 0.6 is 15.9 Å².